The molecule has 4 nitrogen and oxygen atoms in total. The number of rotatable bonds is 3. The normalized spacial score (nSPS) is 21.5. The van der Waals surface area contributed by atoms with E-state index in [1.807, 2.05) is 35.4 Å². The lowest BCUT2D eigenvalue weighted by Gasteiger charge is -2.34. The first-order chi connectivity index (χ1) is 10.2. The van der Waals surface area contributed by atoms with Crippen molar-refractivity contribution in [3.63, 3.8) is 0 Å². The Balaban J connectivity index is 1.61. The van der Waals surface area contributed by atoms with Crippen LogP contribution in [0.3, 0.4) is 0 Å². The minimum absolute atomic E-state index is 0.0523. The van der Waals surface area contributed by atoms with Gasteiger partial charge in [0.1, 0.15) is 6.04 Å². The molecule has 1 amide bonds. The van der Waals surface area contributed by atoms with E-state index in [1.54, 1.807) is 6.33 Å². The fourth-order valence-corrected chi connectivity index (χ4v) is 3.20. The van der Waals surface area contributed by atoms with E-state index >= 15 is 0 Å². The second-order valence-electron chi connectivity index (χ2n) is 5.90. The molecule has 2 aliphatic rings. The lowest BCUT2D eigenvalue weighted by atomic mass is 10.1. The number of nitrogens with zero attached hydrogens (tertiary/aromatic N) is 3. The number of amides is 1. The Bertz CT molecular complexity index is 675. The van der Waals surface area contributed by atoms with Crippen LogP contribution in [0.1, 0.15) is 30.1 Å². The summed E-state index contributed by atoms with van der Waals surface area (Å²) in [5, 5.41) is 0.720. The van der Waals surface area contributed by atoms with E-state index in [2.05, 4.69) is 9.55 Å². The summed E-state index contributed by atoms with van der Waals surface area (Å²) in [5.74, 6) is 0.705. The highest BCUT2D eigenvalue weighted by molar-refractivity contribution is 6.30. The maximum absolute atomic E-state index is 12.8. The van der Waals surface area contributed by atoms with E-state index in [-0.39, 0.29) is 11.9 Å². The summed E-state index contributed by atoms with van der Waals surface area (Å²) in [5.41, 5.74) is 2.23. The first-order valence-corrected chi connectivity index (χ1v) is 7.64. The molecule has 0 N–H and O–H groups in total. The number of carbonyl (C=O) groups is 1. The van der Waals surface area contributed by atoms with Crippen LogP contribution in [0.15, 0.2) is 36.8 Å². The van der Waals surface area contributed by atoms with Crippen LogP contribution in [0.4, 0.5) is 0 Å². The first-order valence-electron chi connectivity index (χ1n) is 7.26. The fraction of sp³-hybridized carbons (Fsp3) is 0.375. The predicted octanol–water partition coefficient (Wildman–Crippen LogP) is 3.03. The van der Waals surface area contributed by atoms with Gasteiger partial charge in [0.15, 0.2) is 0 Å². The standard InChI is InChI=1S/C16H16ClN3O/c17-13-5-1-11(2-6-13)8-19-9-14-7-18-10-20(14)15(16(19)21)12-3-4-12/h1-2,5-7,10,12,15H,3-4,8-9H2. The second-order valence-corrected chi connectivity index (χ2v) is 6.33. The molecular formula is C16H16ClN3O. The molecule has 0 spiro atoms. The summed E-state index contributed by atoms with van der Waals surface area (Å²) in [6.45, 7) is 1.26. The van der Waals surface area contributed by atoms with Crippen molar-refractivity contribution in [2.45, 2.75) is 32.0 Å². The highest BCUT2D eigenvalue weighted by Crippen LogP contribution is 2.43. The van der Waals surface area contributed by atoms with E-state index in [9.17, 15) is 4.79 Å². The Morgan fingerprint density at radius 1 is 1.24 bits per heavy atom. The van der Waals surface area contributed by atoms with Gasteiger partial charge in [-0.25, -0.2) is 4.98 Å². The summed E-state index contributed by atoms with van der Waals surface area (Å²) < 4.78 is 2.07. The molecule has 0 bridgehead atoms. The molecule has 1 aliphatic heterocycles. The molecule has 1 unspecified atom stereocenters. The van der Waals surface area contributed by atoms with Gasteiger partial charge in [-0.05, 0) is 36.5 Å². The van der Waals surface area contributed by atoms with Crippen molar-refractivity contribution in [1.82, 2.24) is 14.5 Å². The van der Waals surface area contributed by atoms with Gasteiger partial charge in [-0.15, -0.1) is 0 Å². The van der Waals surface area contributed by atoms with Crippen molar-refractivity contribution in [2.24, 2.45) is 5.92 Å². The first kappa shape index (κ1) is 12.9. The Morgan fingerprint density at radius 3 is 2.71 bits per heavy atom. The van der Waals surface area contributed by atoms with Crippen LogP contribution in [0, 0.1) is 5.92 Å². The molecule has 1 aromatic heterocycles. The monoisotopic (exact) mass is 301 g/mol. The lowest BCUT2D eigenvalue weighted by Crippen LogP contribution is -2.42. The van der Waals surface area contributed by atoms with Crippen molar-refractivity contribution >= 4 is 17.5 Å². The molecule has 2 heterocycles. The van der Waals surface area contributed by atoms with Crippen LogP contribution in [-0.2, 0) is 17.9 Å². The number of carbonyl (C=O) groups excluding carboxylic acids is 1. The Hall–Kier alpha value is -1.81. The van der Waals surface area contributed by atoms with E-state index < -0.39 is 0 Å². The third kappa shape index (κ3) is 2.33. The molecule has 4 rings (SSSR count). The summed E-state index contributed by atoms with van der Waals surface area (Å²) in [6, 6.07) is 7.65. The Labute approximate surface area is 128 Å². The molecule has 21 heavy (non-hydrogen) atoms. The van der Waals surface area contributed by atoms with Crippen LogP contribution < -0.4 is 0 Å². The number of imidazole rings is 1. The van der Waals surface area contributed by atoms with Gasteiger partial charge in [0.25, 0.3) is 0 Å². The van der Waals surface area contributed by atoms with Crippen molar-refractivity contribution in [2.75, 3.05) is 0 Å². The number of hydrogen-bond acceptors (Lipinski definition) is 2. The highest BCUT2D eigenvalue weighted by atomic mass is 35.5. The topological polar surface area (TPSA) is 38.1 Å². The number of benzene rings is 1. The molecule has 0 radical (unpaired) electrons. The van der Waals surface area contributed by atoms with Crippen LogP contribution >= 0.6 is 11.6 Å². The van der Waals surface area contributed by atoms with E-state index in [0.717, 1.165) is 29.1 Å². The molecule has 1 aliphatic carbocycles. The number of aromatic nitrogens is 2. The molecule has 108 valence electrons. The summed E-state index contributed by atoms with van der Waals surface area (Å²) in [6.07, 6.45) is 5.96. The van der Waals surface area contributed by atoms with Crippen molar-refractivity contribution in [3.05, 3.63) is 53.1 Å². The van der Waals surface area contributed by atoms with Crippen LogP contribution in [-0.4, -0.2) is 20.4 Å². The zero-order valence-corrected chi connectivity index (χ0v) is 12.3. The average Bonchev–Trinajstić information content (AvgIpc) is 3.20. The van der Waals surface area contributed by atoms with Gasteiger partial charge in [-0.3, -0.25) is 4.79 Å². The average molecular weight is 302 g/mol. The molecule has 2 aromatic rings. The van der Waals surface area contributed by atoms with Gasteiger partial charge < -0.3 is 9.47 Å². The molecule has 1 aromatic carbocycles. The van der Waals surface area contributed by atoms with Crippen molar-refractivity contribution in [1.29, 1.82) is 0 Å². The van der Waals surface area contributed by atoms with E-state index in [0.29, 0.717) is 19.0 Å². The fourth-order valence-electron chi connectivity index (χ4n) is 3.07. The van der Waals surface area contributed by atoms with E-state index in [4.69, 9.17) is 11.6 Å². The zero-order chi connectivity index (χ0) is 14.4. The molecule has 1 saturated carbocycles. The summed E-state index contributed by atoms with van der Waals surface area (Å²) >= 11 is 5.92. The molecule has 5 heteroatoms. The lowest BCUT2D eigenvalue weighted by molar-refractivity contribution is -0.138. The number of halogens is 1. The molecule has 1 atom stereocenters. The predicted molar refractivity (Wildman–Crippen MR) is 79.7 cm³/mol. The van der Waals surface area contributed by atoms with Gasteiger partial charge in [0, 0.05) is 17.8 Å². The number of hydrogen-bond donors (Lipinski definition) is 0. The van der Waals surface area contributed by atoms with Crippen LogP contribution in [0.2, 0.25) is 5.02 Å². The quantitative estimate of drug-likeness (QED) is 0.874. The van der Waals surface area contributed by atoms with Gasteiger partial charge >= 0.3 is 0 Å². The highest BCUT2D eigenvalue weighted by Gasteiger charge is 2.42. The van der Waals surface area contributed by atoms with Gasteiger partial charge in [0.05, 0.1) is 18.6 Å². The SMILES string of the molecule is O=C1C(C2CC2)n2cncc2CN1Cc1ccc(Cl)cc1. The second kappa shape index (κ2) is 4.88. The molecule has 1 fully saturated rings. The molecule has 0 saturated heterocycles. The minimum Gasteiger partial charge on any atom is -0.331 e. The Kier molecular flexibility index (Phi) is 3.00. The Morgan fingerprint density at radius 2 is 2.00 bits per heavy atom. The van der Waals surface area contributed by atoms with Crippen molar-refractivity contribution in [3.8, 4) is 0 Å². The summed E-state index contributed by atoms with van der Waals surface area (Å²) in [7, 11) is 0. The third-order valence-corrected chi connectivity index (χ3v) is 4.57. The van der Waals surface area contributed by atoms with Crippen LogP contribution in [0.5, 0.6) is 0 Å². The summed E-state index contributed by atoms with van der Waals surface area (Å²) in [4.78, 5) is 18.9. The van der Waals surface area contributed by atoms with Gasteiger partial charge in [0.2, 0.25) is 5.91 Å². The maximum Gasteiger partial charge on any atom is 0.246 e. The van der Waals surface area contributed by atoms with Crippen LogP contribution in [0.25, 0.3) is 0 Å². The third-order valence-electron chi connectivity index (χ3n) is 4.32. The molecular weight excluding hydrogens is 286 g/mol. The smallest absolute Gasteiger partial charge is 0.246 e. The van der Waals surface area contributed by atoms with Crippen molar-refractivity contribution < 1.29 is 4.79 Å². The zero-order valence-electron chi connectivity index (χ0n) is 11.6. The maximum atomic E-state index is 12.8. The minimum atomic E-state index is -0.0523. The van der Waals surface area contributed by atoms with Gasteiger partial charge in [-0.2, -0.15) is 0 Å². The van der Waals surface area contributed by atoms with Gasteiger partial charge in [-0.1, -0.05) is 23.7 Å². The largest absolute Gasteiger partial charge is 0.331 e. The number of fused-ring (bicyclic) bond motifs is 1. The van der Waals surface area contributed by atoms with E-state index in [1.165, 1.54) is 0 Å².